The van der Waals surface area contributed by atoms with E-state index in [9.17, 15) is 9.90 Å². The van der Waals surface area contributed by atoms with Crippen LogP contribution in [0.2, 0.25) is 0 Å². The molecule has 0 spiro atoms. The van der Waals surface area contributed by atoms with E-state index in [-0.39, 0.29) is 29.1 Å². The number of pyridine rings is 1. The zero-order valence-electron chi connectivity index (χ0n) is 25.4. The van der Waals surface area contributed by atoms with Crippen molar-refractivity contribution in [3.8, 4) is 23.0 Å². The van der Waals surface area contributed by atoms with Crippen molar-refractivity contribution in [1.29, 1.82) is 0 Å². The summed E-state index contributed by atoms with van der Waals surface area (Å²) < 4.78 is 28.3. The summed E-state index contributed by atoms with van der Waals surface area (Å²) in [6.45, 7) is 7.47. The first-order valence-electron chi connectivity index (χ1n) is 15.9. The molecule has 0 aliphatic carbocycles. The van der Waals surface area contributed by atoms with Crippen LogP contribution in [0.4, 0.5) is 10.2 Å². The van der Waals surface area contributed by atoms with Gasteiger partial charge in [-0.15, -0.1) is 0 Å². The molecule has 2 aromatic carbocycles. The zero-order chi connectivity index (χ0) is 30.9. The molecule has 0 saturated carbocycles. The van der Waals surface area contributed by atoms with E-state index in [2.05, 4.69) is 32.0 Å². The van der Waals surface area contributed by atoms with E-state index < -0.39 is 5.82 Å². The minimum atomic E-state index is -0.564. The number of piperidine rings is 1. The second-order valence-corrected chi connectivity index (χ2v) is 12.2. The van der Waals surface area contributed by atoms with Crippen molar-refractivity contribution in [3.05, 3.63) is 54.5 Å². The first-order chi connectivity index (χ1) is 22.0. The van der Waals surface area contributed by atoms with Gasteiger partial charge in [-0.3, -0.25) is 9.88 Å². The van der Waals surface area contributed by atoms with Gasteiger partial charge in [0.25, 0.3) is 0 Å². The molecule has 2 bridgehead atoms. The highest BCUT2D eigenvalue weighted by Crippen LogP contribution is 2.39. The minimum Gasteiger partial charge on any atom is -0.508 e. The number of phenols is 1. The van der Waals surface area contributed by atoms with Crippen LogP contribution in [0.1, 0.15) is 38.2 Å². The van der Waals surface area contributed by atoms with Crippen LogP contribution in [0.5, 0.6) is 11.8 Å². The van der Waals surface area contributed by atoms with Gasteiger partial charge >= 0.3 is 6.01 Å². The summed E-state index contributed by atoms with van der Waals surface area (Å²) in [5.41, 5.74) is 1.87. The van der Waals surface area contributed by atoms with Crippen LogP contribution in [0.3, 0.4) is 0 Å². The maximum absolute atomic E-state index is 16.7. The number of ether oxygens (including phenoxy) is 2. The van der Waals surface area contributed by atoms with Crippen molar-refractivity contribution in [2.75, 3.05) is 44.2 Å². The molecule has 235 valence electrons. The summed E-state index contributed by atoms with van der Waals surface area (Å²) in [4.78, 5) is 29.1. The third-order valence-electron chi connectivity index (χ3n) is 9.34. The maximum Gasteiger partial charge on any atom is 0.319 e. The fraction of sp³-hybridized carbons (Fsp3) is 0.441. The number of fused-ring (bicyclic) bond motifs is 4. The molecule has 1 radical (unpaired) electrons. The number of carbonyl (C=O) groups excluding carboxylic acids is 1. The number of aryl methyl sites for hydroxylation is 1. The zero-order valence-corrected chi connectivity index (χ0v) is 25.4. The molecule has 10 nitrogen and oxygen atoms in total. The smallest absolute Gasteiger partial charge is 0.319 e. The van der Waals surface area contributed by atoms with Gasteiger partial charge in [0.1, 0.15) is 36.0 Å². The highest BCUT2D eigenvalue weighted by molar-refractivity contribution is 6.01. The summed E-state index contributed by atoms with van der Waals surface area (Å²) in [6, 6.07) is 10.0. The Morgan fingerprint density at radius 2 is 1.91 bits per heavy atom. The molecule has 3 aliphatic heterocycles. The normalized spacial score (nSPS) is 20.7. The highest BCUT2D eigenvalue weighted by Gasteiger charge is 2.34. The van der Waals surface area contributed by atoms with Gasteiger partial charge in [-0.05, 0) is 60.6 Å². The summed E-state index contributed by atoms with van der Waals surface area (Å²) in [5.74, 6) is 0.116. The van der Waals surface area contributed by atoms with Crippen molar-refractivity contribution < 1.29 is 23.8 Å². The number of nitrogens with one attached hydrogen (secondary N) is 1. The number of nitrogens with zero attached hydrogens (tertiary/aromatic N) is 5. The molecule has 5 heterocycles. The van der Waals surface area contributed by atoms with Gasteiger partial charge in [-0.25, -0.2) is 4.39 Å². The maximum atomic E-state index is 16.7. The first-order valence-corrected chi connectivity index (χ1v) is 15.9. The van der Waals surface area contributed by atoms with Gasteiger partial charge in [-0.1, -0.05) is 25.1 Å². The lowest BCUT2D eigenvalue weighted by Gasteiger charge is -2.34. The molecular formula is C34H38FN6O4. The Labute approximate surface area is 261 Å². The predicted octanol–water partition coefficient (Wildman–Crippen LogP) is 4.41. The second kappa shape index (κ2) is 12.8. The van der Waals surface area contributed by atoms with Gasteiger partial charge in [-0.2, -0.15) is 9.97 Å². The van der Waals surface area contributed by atoms with Gasteiger partial charge in [0.15, 0.2) is 12.1 Å². The standard InChI is InChI=1S/C34H38FN6O4/c1-2-21-4-3-5-22-16-25(43)17-27(29(21)22)31-30(35)32-28(18-36-31)33(41-19-23-6-7-24(20-41)37-23)39-34(38-32)45-14-12-40-10-8-26(9-11-40)44-15-13-42/h3-5,13,15-18,23-24,26,37,43H,2,6-12,14,19-20H2,1H3. The lowest BCUT2D eigenvalue weighted by Crippen LogP contribution is -2.51. The summed E-state index contributed by atoms with van der Waals surface area (Å²) >= 11 is 0. The number of likely N-dealkylation sites (tertiary alicyclic amines) is 1. The van der Waals surface area contributed by atoms with Crippen molar-refractivity contribution in [2.24, 2.45) is 0 Å². The van der Waals surface area contributed by atoms with Crippen molar-refractivity contribution in [2.45, 2.75) is 57.2 Å². The number of carbonyl (C=O) groups is 1. The molecular weight excluding hydrogens is 575 g/mol. The number of aromatic hydroxyl groups is 1. The summed E-state index contributed by atoms with van der Waals surface area (Å²) in [5, 5.41) is 16.5. The van der Waals surface area contributed by atoms with Crippen LogP contribution < -0.4 is 15.0 Å². The summed E-state index contributed by atoms with van der Waals surface area (Å²) in [6.07, 6.45) is 6.99. The van der Waals surface area contributed by atoms with Gasteiger partial charge in [0.05, 0.1) is 11.5 Å². The first kappa shape index (κ1) is 29.8. The molecule has 7 rings (SSSR count). The van der Waals surface area contributed by atoms with Crippen LogP contribution >= 0.6 is 0 Å². The molecule has 3 saturated heterocycles. The number of benzene rings is 2. The third kappa shape index (κ3) is 6.04. The Morgan fingerprint density at radius 1 is 1.11 bits per heavy atom. The average molecular weight is 614 g/mol. The van der Waals surface area contributed by atoms with Crippen LogP contribution in [0, 0.1) is 12.4 Å². The number of rotatable bonds is 10. The van der Waals surface area contributed by atoms with E-state index in [1.165, 1.54) is 6.61 Å². The molecule has 3 aliphatic rings. The Kier molecular flexibility index (Phi) is 8.48. The molecule has 2 atom stereocenters. The van der Waals surface area contributed by atoms with Gasteiger partial charge in [0, 0.05) is 56.6 Å². The topological polar surface area (TPSA) is 113 Å². The molecule has 2 N–H and O–H groups in total. The van der Waals surface area contributed by atoms with Crippen molar-refractivity contribution in [3.63, 3.8) is 0 Å². The Morgan fingerprint density at radius 3 is 2.67 bits per heavy atom. The van der Waals surface area contributed by atoms with Gasteiger partial charge < -0.3 is 29.6 Å². The van der Waals surface area contributed by atoms with E-state index in [1.807, 2.05) is 18.2 Å². The number of hydrogen-bond donors (Lipinski definition) is 2. The van der Waals surface area contributed by atoms with Crippen LogP contribution in [0.15, 0.2) is 36.5 Å². The van der Waals surface area contributed by atoms with Crippen LogP contribution in [0.25, 0.3) is 32.9 Å². The molecule has 0 amide bonds. The molecule has 45 heavy (non-hydrogen) atoms. The Hall–Kier alpha value is -3.93. The number of hydrogen-bond acceptors (Lipinski definition) is 10. The lowest BCUT2D eigenvalue weighted by atomic mass is 9.95. The quantitative estimate of drug-likeness (QED) is 0.250. The largest absolute Gasteiger partial charge is 0.508 e. The van der Waals surface area contributed by atoms with Gasteiger partial charge in [0.2, 0.25) is 0 Å². The van der Waals surface area contributed by atoms with Crippen LogP contribution in [-0.2, 0) is 16.0 Å². The number of piperazine rings is 1. The molecule has 2 unspecified atom stereocenters. The number of anilines is 1. The lowest BCUT2D eigenvalue weighted by molar-refractivity contribution is -0.110. The Bertz CT molecular complexity index is 1700. The SMILES string of the molecule is CCc1cccc2cc(O)cc(-c3ncc4c(N5CC6CCC(C5)N6)nc(OCCN5CCC(O[CH]C=O)CC5)nc4c3F)c12. The van der Waals surface area contributed by atoms with Crippen molar-refractivity contribution in [1.82, 2.24) is 25.2 Å². The Balaban J connectivity index is 1.22. The van der Waals surface area contributed by atoms with E-state index in [0.29, 0.717) is 48.3 Å². The van der Waals surface area contributed by atoms with E-state index >= 15 is 4.39 Å². The third-order valence-corrected chi connectivity index (χ3v) is 9.34. The molecule has 4 aromatic rings. The molecule has 11 heteroatoms. The fourth-order valence-corrected chi connectivity index (χ4v) is 7.13. The second-order valence-electron chi connectivity index (χ2n) is 12.2. The summed E-state index contributed by atoms with van der Waals surface area (Å²) in [7, 11) is 0. The fourth-order valence-electron chi connectivity index (χ4n) is 7.13. The average Bonchev–Trinajstić information content (AvgIpc) is 3.40. The number of phenolic OH excluding ortho intramolecular Hbond substituents is 1. The number of aldehydes is 1. The van der Waals surface area contributed by atoms with E-state index in [1.54, 1.807) is 18.3 Å². The molecule has 2 aromatic heterocycles. The monoisotopic (exact) mass is 613 g/mol. The number of halogens is 1. The van der Waals surface area contributed by atoms with Crippen molar-refractivity contribution >= 4 is 33.8 Å². The molecule has 3 fully saturated rings. The van der Waals surface area contributed by atoms with E-state index in [4.69, 9.17) is 14.5 Å². The highest BCUT2D eigenvalue weighted by atomic mass is 19.1. The minimum absolute atomic E-state index is 0.0493. The van der Waals surface area contributed by atoms with Crippen LogP contribution in [-0.4, -0.2) is 88.8 Å². The van der Waals surface area contributed by atoms with E-state index in [0.717, 1.165) is 74.6 Å². The number of aromatic nitrogens is 3. The predicted molar refractivity (Wildman–Crippen MR) is 170 cm³/mol.